The Balaban J connectivity index is 2.16. The summed E-state index contributed by atoms with van der Waals surface area (Å²) >= 11 is 0. The molecule has 0 N–H and O–H groups in total. The van der Waals surface area contributed by atoms with E-state index < -0.39 is 5.66 Å². The van der Waals surface area contributed by atoms with Crippen molar-refractivity contribution in [2.75, 3.05) is 21.3 Å². The van der Waals surface area contributed by atoms with Crippen LogP contribution in [0.15, 0.2) is 59.0 Å². The van der Waals surface area contributed by atoms with Crippen LogP contribution in [0.25, 0.3) is 0 Å². The van der Waals surface area contributed by atoms with Gasteiger partial charge in [-0.3, -0.25) is 9.59 Å². The van der Waals surface area contributed by atoms with Gasteiger partial charge in [0.2, 0.25) is 0 Å². The molecule has 0 radical (unpaired) electrons. The van der Waals surface area contributed by atoms with Crippen LogP contribution in [0, 0.1) is 0 Å². The van der Waals surface area contributed by atoms with E-state index in [2.05, 4.69) is 4.99 Å². The van der Waals surface area contributed by atoms with E-state index in [0.717, 1.165) is 5.56 Å². The standard InChI is InChI=1S/C17H16N2O4/c1-19-16(21)14(11-7-5-4-6-8-11)18-17(19)9-12(22-2)15(20)13(10-17)23-3/h4-10H,1-3H3. The summed E-state index contributed by atoms with van der Waals surface area (Å²) in [6, 6.07) is 9.19. The highest BCUT2D eigenvalue weighted by Gasteiger charge is 2.46. The van der Waals surface area contributed by atoms with E-state index in [-0.39, 0.29) is 23.2 Å². The van der Waals surface area contributed by atoms with Crippen LogP contribution in [-0.2, 0) is 19.1 Å². The number of ether oxygens (including phenoxy) is 2. The minimum absolute atomic E-state index is 0.0991. The fourth-order valence-corrected chi connectivity index (χ4v) is 2.65. The smallest absolute Gasteiger partial charge is 0.274 e. The highest BCUT2D eigenvalue weighted by molar-refractivity contribution is 6.47. The minimum Gasteiger partial charge on any atom is -0.493 e. The van der Waals surface area contributed by atoms with Crippen LogP contribution in [0.2, 0.25) is 0 Å². The summed E-state index contributed by atoms with van der Waals surface area (Å²) in [4.78, 5) is 30.8. The zero-order valence-electron chi connectivity index (χ0n) is 13.1. The number of carbonyl (C=O) groups excluding carboxylic acids is 2. The number of likely N-dealkylation sites (N-methyl/N-ethyl adjacent to an activating group) is 1. The normalized spacial score (nSPS) is 19.4. The van der Waals surface area contributed by atoms with Crippen molar-refractivity contribution in [3.8, 4) is 0 Å². The van der Waals surface area contributed by atoms with Crippen molar-refractivity contribution in [3.05, 3.63) is 59.6 Å². The molecule has 1 aromatic rings. The molecule has 118 valence electrons. The molecule has 0 atom stereocenters. The molecular weight excluding hydrogens is 296 g/mol. The van der Waals surface area contributed by atoms with E-state index in [0.29, 0.717) is 5.71 Å². The third kappa shape index (κ3) is 2.23. The van der Waals surface area contributed by atoms with Gasteiger partial charge in [0.05, 0.1) is 14.2 Å². The molecule has 0 saturated heterocycles. The maximum Gasteiger partial charge on any atom is 0.274 e. The number of hydrogen-bond donors (Lipinski definition) is 0. The van der Waals surface area contributed by atoms with Gasteiger partial charge in [-0.1, -0.05) is 30.3 Å². The molecule has 0 saturated carbocycles. The summed E-state index contributed by atoms with van der Waals surface area (Å²) < 4.78 is 10.3. The van der Waals surface area contributed by atoms with Gasteiger partial charge in [0.15, 0.2) is 17.2 Å². The first-order valence-corrected chi connectivity index (χ1v) is 7.04. The minimum atomic E-state index is -1.12. The van der Waals surface area contributed by atoms with E-state index in [4.69, 9.17) is 9.47 Å². The van der Waals surface area contributed by atoms with Gasteiger partial charge in [0, 0.05) is 24.8 Å². The second-order valence-corrected chi connectivity index (χ2v) is 5.23. The summed E-state index contributed by atoms with van der Waals surface area (Å²) in [6.07, 6.45) is 3.07. The van der Waals surface area contributed by atoms with Crippen molar-refractivity contribution < 1.29 is 19.1 Å². The molecule has 6 heteroatoms. The number of hydrogen-bond acceptors (Lipinski definition) is 5. The summed E-state index contributed by atoms with van der Waals surface area (Å²) in [5.74, 6) is -0.405. The molecule has 1 aromatic carbocycles. The maximum absolute atomic E-state index is 12.6. The van der Waals surface area contributed by atoms with Gasteiger partial charge >= 0.3 is 0 Å². The Morgan fingerprint density at radius 3 is 2.09 bits per heavy atom. The monoisotopic (exact) mass is 312 g/mol. The highest BCUT2D eigenvalue weighted by atomic mass is 16.5. The number of Topliss-reactive ketones (excluding diaryl/α,β-unsaturated/α-hetero) is 1. The van der Waals surface area contributed by atoms with Crippen molar-refractivity contribution in [2.45, 2.75) is 5.66 Å². The fraction of sp³-hybridized carbons (Fsp3) is 0.235. The number of amides is 1. The van der Waals surface area contributed by atoms with Gasteiger partial charge in [0.25, 0.3) is 11.7 Å². The summed E-state index contributed by atoms with van der Waals surface area (Å²) in [6.45, 7) is 0. The quantitative estimate of drug-likeness (QED) is 0.843. The molecule has 3 rings (SSSR count). The Labute approximate surface area is 133 Å². The molecule has 0 aromatic heterocycles. The van der Waals surface area contributed by atoms with E-state index >= 15 is 0 Å². The van der Waals surface area contributed by atoms with Crippen LogP contribution >= 0.6 is 0 Å². The van der Waals surface area contributed by atoms with Gasteiger partial charge < -0.3 is 14.4 Å². The first kappa shape index (κ1) is 15.0. The number of rotatable bonds is 3. The van der Waals surface area contributed by atoms with Gasteiger partial charge in [-0.2, -0.15) is 0 Å². The Kier molecular flexibility index (Phi) is 3.52. The number of benzene rings is 1. The van der Waals surface area contributed by atoms with Crippen molar-refractivity contribution in [1.82, 2.24) is 4.90 Å². The van der Waals surface area contributed by atoms with Crippen molar-refractivity contribution >= 4 is 17.4 Å². The highest BCUT2D eigenvalue weighted by Crippen LogP contribution is 2.34. The predicted molar refractivity (Wildman–Crippen MR) is 83.7 cm³/mol. The molecule has 23 heavy (non-hydrogen) atoms. The van der Waals surface area contributed by atoms with Gasteiger partial charge in [-0.15, -0.1) is 0 Å². The molecule has 1 amide bonds. The summed E-state index contributed by atoms with van der Waals surface area (Å²) in [5, 5.41) is 0. The molecule has 0 fully saturated rings. The maximum atomic E-state index is 12.6. The van der Waals surface area contributed by atoms with Crippen LogP contribution < -0.4 is 0 Å². The Morgan fingerprint density at radius 2 is 1.57 bits per heavy atom. The van der Waals surface area contributed by atoms with Gasteiger partial charge in [-0.25, -0.2) is 4.99 Å². The van der Waals surface area contributed by atoms with Crippen LogP contribution in [0.1, 0.15) is 5.56 Å². The number of aliphatic imine (C=N–C) groups is 1. The van der Waals surface area contributed by atoms with Crippen molar-refractivity contribution in [3.63, 3.8) is 0 Å². The lowest BCUT2D eigenvalue weighted by Gasteiger charge is -2.31. The zero-order valence-corrected chi connectivity index (χ0v) is 13.1. The number of nitrogens with zero attached hydrogens (tertiary/aromatic N) is 2. The fourth-order valence-electron chi connectivity index (χ4n) is 2.65. The van der Waals surface area contributed by atoms with Crippen molar-refractivity contribution in [1.29, 1.82) is 0 Å². The van der Waals surface area contributed by atoms with Crippen LogP contribution in [-0.4, -0.2) is 49.2 Å². The molecule has 1 aliphatic heterocycles. The predicted octanol–water partition coefficient (Wildman–Crippen LogP) is 1.29. The molecule has 0 unspecified atom stereocenters. The molecule has 1 heterocycles. The Morgan fingerprint density at radius 1 is 1.00 bits per heavy atom. The van der Waals surface area contributed by atoms with E-state index in [1.54, 1.807) is 7.05 Å². The SMILES string of the molecule is COC1=CC2(C=C(OC)C1=O)N=C(c1ccccc1)C(=O)N2C. The molecule has 1 spiro atoms. The average Bonchev–Trinajstić information content (AvgIpc) is 2.83. The van der Waals surface area contributed by atoms with E-state index in [1.807, 2.05) is 30.3 Å². The van der Waals surface area contributed by atoms with Crippen LogP contribution in [0.3, 0.4) is 0 Å². The number of carbonyl (C=O) groups is 2. The van der Waals surface area contributed by atoms with Crippen molar-refractivity contribution in [2.24, 2.45) is 4.99 Å². The topological polar surface area (TPSA) is 68.2 Å². The lowest BCUT2D eigenvalue weighted by Crippen LogP contribution is -2.44. The lowest BCUT2D eigenvalue weighted by molar-refractivity contribution is -0.125. The van der Waals surface area contributed by atoms with Crippen LogP contribution in [0.5, 0.6) is 0 Å². The third-order valence-electron chi connectivity index (χ3n) is 3.96. The summed E-state index contributed by atoms with van der Waals surface area (Å²) in [7, 11) is 4.42. The van der Waals surface area contributed by atoms with E-state index in [9.17, 15) is 9.59 Å². The van der Waals surface area contributed by atoms with Crippen LogP contribution in [0.4, 0.5) is 0 Å². The largest absolute Gasteiger partial charge is 0.493 e. The van der Waals surface area contributed by atoms with E-state index in [1.165, 1.54) is 31.3 Å². The number of ketones is 1. The van der Waals surface area contributed by atoms with Gasteiger partial charge in [0.1, 0.15) is 5.71 Å². The second-order valence-electron chi connectivity index (χ2n) is 5.23. The molecular formula is C17H16N2O4. The molecule has 2 aliphatic rings. The average molecular weight is 312 g/mol. The zero-order chi connectivity index (χ0) is 16.6. The number of methoxy groups -OCH3 is 2. The summed E-state index contributed by atoms with van der Waals surface area (Å²) in [5.41, 5.74) is -0.0638. The molecule has 0 bridgehead atoms. The second kappa shape index (κ2) is 5.39. The first-order chi connectivity index (χ1) is 11.0. The Bertz CT molecular complexity index is 738. The molecule has 1 aliphatic carbocycles. The Hall–Kier alpha value is -2.89. The third-order valence-corrected chi connectivity index (χ3v) is 3.96. The molecule has 6 nitrogen and oxygen atoms in total. The first-order valence-electron chi connectivity index (χ1n) is 7.04. The van der Waals surface area contributed by atoms with Gasteiger partial charge in [-0.05, 0) is 0 Å². The lowest BCUT2D eigenvalue weighted by atomic mass is 9.99.